The molecule has 1 N–H and O–H groups in total. The zero-order chi connectivity index (χ0) is 13.2. The first-order valence-corrected chi connectivity index (χ1v) is 7.07. The zero-order valence-electron chi connectivity index (χ0n) is 11.2. The first kappa shape index (κ1) is 12.4. The van der Waals surface area contributed by atoms with Crippen molar-refractivity contribution in [3.05, 3.63) is 34.9 Å². The standard InChI is InChI=1S/C14H20N4O/c1-2-8-15-12(11-6-7-11)10-18-14(19)17-9-4-3-5-13(17)16-18/h3-5,9,11-12,15H,2,6-8,10H2,1H3. The summed E-state index contributed by atoms with van der Waals surface area (Å²) in [6.45, 7) is 3.84. The average Bonchev–Trinajstić information content (AvgIpc) is 3.22. The second-order valence-corrected chi connectivity index (χ2v) is 5.29. The van der Waals surface area contributed by atoms with Gasteiger partial charge in [0.2, 0.25) is 0 Å². The second-order valence-electron chi connectivity index (χ2n) is 5.29. The van der Waals surface area contributed by atoms with Crippen LogP contribution in [0, 0.1) is 5.92 Å². The predicted octanol–water partition coefficient (Wildman–Crippen LogP) is 1.27. The molecule has 1 atom stereocenters. The number of fused-ring (bicyclic) bond motifs is 1. The Labute approximate surface area is 112 Å². The van der Waals surface area contributed by atoms with E-state index >= 15 is 0 Å². The van der Waals surface area contributed by atoms with Crippen molar-refractivity contribution < 1.29 is 0 Å². The molecule has 1 aliphatic carbocycles. The van der Waals surface area contributed by atoms with E-state index in [0.717, 1.165) is 18.6 Å². The molecule has 102 valence electrons. The van der Waals surface area contributed by atoms with Crippen LogP contribution < -0.4 is 11.0 Å². The van der Waals surface area contributed by atoms with E-state index in [-0.39, 0.29) is 5.69 Å². The van der Waals surface area contributed by atoms with Gasteiger partial charge in [0, 0.05) is 12.2 Å². The summed E-state index contributed by atoms with van der Waals surface area (Å²) >= 11 is 0. The van der Waals surface area contributed by atoms with Crippen LogP contribution in [0.5, 0.6) is 0 Å². The third-order valence-corrected chi connectivity index (χ3v) is 3.71. The molecule has 2 aromatic rings. The van der Waals surface area contributed by atoms with Gasteiger partial charge in [-0.3, -0.25) is 4.40 Å². The first-order chi connectivity index (χ1) is 9.29. The third-order valence-electron chi connectivity index (χ3n) is 3.71. The van der Waals surface area contributed by atoms with Gasteiger partial charge in [0.1, 0.15) is 0 Å². The summed E-state index contributed by atoms with van der Waals surface area (Å²) in [5.41, 5.74) is 0.678. The minimum absolute atomic E-state index is 0.0421. The minimum atomic E-state index is -0.0421. The van der Waals surface area contributed by atoms with E-state index in [1.807, 2.05) is 18.2 Å². The quantitative estimate of drug-likeness (QED) is 0.851. The number of pyridine rings is 1. The van der Waals surface area contributed by atoms with Gasteiger partial charge in [-0.05, 0) is 43.9 Å². The molecule has 3 rings (SSSR count). The molecule has 2 aromatic heterocycles. The van der Waals surface area contributed by atoms with Gasteiger partial charge in [0.25, 0.3) is 0 Å². The van der Waals surface area contributed by atoms with Crippen molar-refractivity contribution in [1.29, 1.82) is 0 Å². The van der Waals surface area contributed by atoms with Crippen LogP contribution in [-0.4, -0.2) is 26.8 Å². The smallest absolute Gasteiger partial charge is 0.312 e. The van der Waals surface area contributed by atoms with Crippen LogP contribution in [0.25, 0.3) is 5.65 Å². The van der Waals surface area contributed by atoms with E-state index in [0.29, 0.717) is 18.5 Å². The Morgan fingerprint density at radius 3 is 3.00 bits per heavy atom. The molecule has 0 radical (unpaired) electrons. The lowest BCUT2D eigenvalue weighted by Crippen LogP contribution is -2.38. The molecule has 1 unspecified atom stereocenters. The van der Waals surface area contributed by atoms with Crippen LogP contribution in [0.15, 0.2) is 29.2 Å². The summed E-state index contributed by atoms with van der Waals surface area (Å²) in [5.74, 6) is 0.711. The highest BCUT2D eigenvalue weighted by Crippen LogP contribution is 2.33. The Kier molecular flexibility index (Phi) is 3.38. The number of hydrogen-bond donors (Lipinski definition) is 1. The lowest BCUT2D eigenvalue weighted by atomic mass is 10.2. The maximum atomic E-state index is 12.2. The summed E-state index contributed by atoms with van der Waals surface area (Å²) in [5, 5.41) is 7.94. The normalized spacial score (nSPS) is 16.9. The van der Waals surface area contributed by atoms with Gasteiger partial charge >= 0.3 is 5.69 Å². The fourth-order valence-electron chi connectivity index (χ4n) is 2.48. The van der Waals surface area contributed by atoms with E-state index in [1.165, 1.54) is 12.8 Å². The Hall–Kier alpha value is -1.62. The highest BCUT2D eigenvalue weighted by Gasteiger charge is 2.31. The molecule has 19 heavy (non-hydrogen) atoms. The molecular formula is C14H20N4O. The minimum Gasteiger partial charge on any atom is -0.312 e. The SMILES string of the molecule is CCCNC(Cn1nc2ccccn2c1=O)C1CC1. The molecule has 0 bridgehead atoms. The Morgan fingerprint density at radius 2 is 2.32 bits per heavy atom. The van der Waals surface area contributed by atoms with Crippen molar-refractivity contribution in [2.24, 2.45) is 5.92 Å². The predicted molar refractivity (Wildman–Crippen MR) is 74.3 cm³/mol. The number of aromatic nitrogens is 3. The van der Waals surface area contributed by atoms with Crippen LogP contribution in [0.1, 0.15) is 26.2 Å². The molecule has 0 aromatic carbocycles. The molecule has 0 aliphatic heterocycles. The second kappa shape index (κ2) is 5.17. The maximum Gasteiger partial charge on any atom is 0.350 e. The summed E-state index contributed by atoms with van der Waals surface area (Å²) in [7, 11) is 0. The zero-order valence-corrected chi connectivity index (χ0v) is 11.2. The highest BCUT2D eigenvalue weighted by atomic mass is 16.2. The fourth-order valence-corrected chi connectivity index (χ4v) is 2.48. The third kappa shape index (κ3) is 2.56. The summed E-state index contributed by atoms with van der Waals surface area (Å²) in [4.78, 5) is 12.2. The number of rotatable bonds is 6. The van der Waals surface area contributed by atoms with Gasteiger partial charge in [0.05, 0.1) is 6.54 Å². The van der Waals surface area contributed by atoms with Crippen molar-refractivity contribution in [2.45, 2.75) is 38.8 Å². The monoisotopic (exact) mass is 260 g/mol. The molecule has 1 aliphatic rings. The highest BCUT2D eigenvalue weighted by molar-refractivity contribution is 5.35. The van der Waals surface area contributed by atoms with E-state index in [2.05, 4.69) is 17.3 Å². The Bertz CT molecular complexity index is 611. The van der Waals surface area contributed by atoms with Crippen LogP contribution in [0.2, 0.25) is 0 Å². The first-order valence-electron chi connectivity index (χ1n) is 7.07. The number of nitrogens with zero attached hydrogens (tertiary/aromatic N) is 3. The fraction of sp³-hybridized carbons (Fsp3) is 0.571. The van der Waals surface area contributed by atoms with Crippen molar-refractivity contribution in [2.75, 3.05) is 6.54 Å². The topological polar surface area (TPSA) is 51.3 Å². The van der Waals surface area contributed by atoms with Gasteiger partial charge in [-0.2, -0.15) is 0 Å². The molecular weight excluding hydrogens is 240 g/mol. The van der Waals surface area contributed by atoms with Gasteiger partial charge in [0.15, 0.2) is 5.65 Å². The molecule has 0 amide bonds. The molecule has 0 spiro atoms. The van der Waals surface area contributed by atoms with Gasteiger partial charge in [-0.15, -0.1) is 5.10 Å². The average molecular weight is 260 g/mol. The number of nitrogens with one attached hydrogen (secondary N) is 1. The summed E-state index contributed by atoms with van der Waals surface area (Å²) in [6.07, 6.45) is 5.42. The van der Waals surface area contributed by atoms with E-state index < -0.39 is 0 Å². The van der Waals surface area contributed by atoms with E-state index in [1.54, 1.807) is 15.3 Å². The molecule has 5 nitrogen and oxygen atoms in total. The molecule has 2 heterocycles. The van der Waals surface area contributed by atoms with Gasteiger partial charge in [-0.25, -0.2) is 9.48 Å². The van der Waals surface area contributed by atoms with E-state index in [4.69, 9.17) is 0 Å². The summed E-state index contributed by atoms with van der Waals surface area (Å²) in [6, 6.07) is 6.00. The lowest BCUT2D eigenvalue weighted by Gasteiger charge is -2.16. The van der Waals surface area contributed by atoms with E-state index in [9.17, 15) is 4.79 Å². The molecule has 5 heteroatoms. The number of hydrogen-bond acceptors (Lipinski definition) is 3. The van der Waals surface area contributed by atoms with Gasteiger partial charge in [-0.1, -0.05) is 13.0 Å². The molecule has 1 fully saturated rings. The molecule has 0 saturated heterocycles. The van der Waals surface area contributed by atoms with Crippen LogP contribution >= 0.6 is 0 Å². The Morgan fingerprint density at radius 1 is 1.47 bits per heavy atom. The summed E-state index contributed by atoms with van der Waals surface area (Å²) < 4.78 is 3.20. The van der Waals surface area contributed by atoms with Crippen molar-refractivity contribution >= 4 is 5.65 Å². The van der Waals surface area contributed by atoms with Crippen LogP contribution in [-0.2, 0) is 6.54 Å². The van der Waals surface area contributed by atoms with Crippen molar-refractivity contribution in [1.82, 2.24) is 19.5 Å². The largest absolute Gasteiger partial charge is 0.350 e. The maximum absolute atomic E-state index is 12.2. The molecule has 1 saturated carbocycles. The van der Waals surface area contributed by atoms with Crippen molar-refractivity contribution in [3.8, 4) is 0 Å². The van der Waals surface area contributed by atoms with Crippen LogP contribution in [0.4, 0.5) is 0 Å². The van der Waals surface area contributed by atoms with Gasteiger partial charge < -0.3 is 5.32 Å². The lowest BCUT2D eigenvalue weighted by molar-refractivity contribution is 0.384. The van der Waals surface area contributed by atoms with Crippen molar-refractivity contribution in [3.63, 3.8) is 0 Å². The Balaban J connectivity index is 1.83. The van der Waals surface area contributed by atoms with Crippen LogP contribution in [0.3, 0.4) is 0 Å².